The van der Waals surface area contributed by atoms with Crippen LogP contribution in [0.3, 0.4) is 0 Å². The number of rotatable bonds is 8. The summed E-state index contributed by atoms with van der Waals surface area (Å²) in [7, 11) is -6.91. The molecule has 0 unspecified atom stereocenters. The van der Waals surface area contributed by atoms with Gasteiger partial charge in [-0.15, -0.1) is 0 Å². The fourth-order valence-corrected chi connectivity index (χ4v) is 19.1. The van der Waals surface area contributed by atoms with E-state index in [1.54, 1.807) is 0 Å². The number of hydrogen-bond acceptors (Lipinski definition) is 2. The molecule has 2 aromatic carbocycles. The maximum atomic E-state index is 6.57. The van der Waals surface area contributed by atoms with Crippen LogP contribution in [0.25, 0.3) is 12.2 Å². The zero-order valence-corrected chi connectivity index (χ0v) is 24.6. The van der Waals surface area contributed by atoms with Crippen LogP contribution in [0.15, 0.2) is 48.5 Å². The summed E-state index contributed by atoms with van der Waals surface area (Å²) < 4.78 is 13.1. The average molecular weight is 473 g/mol. The minimum atomic E-state index is -1.89. The van der Waals surface area contributed by atoms with E-state index in [4.69, 9.17) is 8.23 Å². The van der Waals surface area contributed by atoms with Gasteiger partial charge in [0.1, 0.15) is 0 Å². The minimum absolute atomic E-state index is 1.23. The molecule has 0 aliphatic rings. The van der Waals surface area contributed by atoms with Crippen molar-refractivity contribution in [2.24, 2.45) is 0 Å². The highest BCUT2D eigenvalue weighted by atomic mass is 28.4. The van der Waals surface area contributed by atoms with Crippen LogP contribution < -0.4 is 10.4 Å². The van der Waals surface area contributed by atoms with Crippen LogP contribution >= 0.6 is 0 Å². The molecule has 2 rings (SSSR count). The van der Waals surface area contributed by atoms with Crippen LogP contribution in [0.4, 0.5) is 0 Å². The van der Waals surface area contributed by atoms with Gasteiger partial charge in [0.25, 0.3) is 0 Å². The second kappa shape index (κ2) is 9.22. The number of hydrogen-bond donors (Lipinski definition) is 0. The SMILES string of the molecule is C[Si](C)(C)O[Si](C)(C)c1cccc(C=Cc2cccc([Si](C)(C)O[Si](C)(C)C)c2)c1. The predicted molar refractivity (Wildman–Crippen MR) is 145 cm³/mol. The lowest BCUT2D eigenvalue weighted by Crippen LogP contribution is -2.51. The third-order valence-electron chi connectivity index (χ3n) is 4.75. The Morgan fingerprint density at radius 1 is 0.533 bits per heavy atom. The van der Waals surface area contributed by atoms with Gasteiger partial charge in [0.15, 0.2) is 16.6 Å². The Morgan fingerprint density at radius 3 is 1.17 bits per heavy atom. The molecule has 164 valence electrons. The van der Waals surface area contributed by atoms with Gasteiger partial charge < -0.3 is 8.23 Å². The predicted octanol–water partition coefficient (Wildman–Crippen LogP) is 6.38. The third-order valence-corrected chi connectivity index (χ3v) is 17.1. The van der Waals surface area contributed by atoms with Gasteiger partial charge in [0.2, 0.25) is 16.6 Å². The quantitative estimate of drug-likeness (QED) is 0.327. The highest BCUT2D eigenvalue weighted by molar-refractivity contribution is 6.92. The van der Waals surface area contributed by atoms with Crippen LogP contribution in [-0.2, 0) is 8.23 Å². The van der Waals surface area contributed by atoms with Crippen molar-refractivity contribution < 1.29 is 8.23 Å². The van der Waals surface area contributed by atoms with Crippen LogP contribution in [0.1, 0.15) is 11.1 Å². The molecule has 0 bridgehead atoms. The largest absolute Gasteiger partial charge is 0.452 e. The molecule has 0 N–H and O–H groups in total. The van der Waals surface area contributed by atoms with Crippen molar-refractivity contribution >= 4 is 55.8 Å². The summed E-state index contributed by atoms with van der Waals surface area (Å²) in [5.41, 5.74) is 2.46. The van der Waals surface area contributed by atoms with E-state index in [-0.39, 0.29) is 0 Å². The molecular formula is C24H40O2Si4. The standard InChI is InChI=1S/C24H40O2Si4/c1-27(2,3)25-29(7,8)23-15-11-13-21(19-23)17-18-22-14-12-16-24(20-22)30(9,10)26-28(4,5)6/h11-20H,1-10H3. The van der Waals surface area contributed by atoms with Gasteiger partial charge in [-0.2, -0.15) is 0 Å². The van der Waals surface area contributed by atoms with E-state index in [2.05, 4.69) is 126 Å². The molecule has 0 aliphatic heterocycles. The van der Waals surface area contributed by atoms with Gasteiger partial charge in [0.05, 0.1) is 0 Å². The van der Waals surface area contributed by atoms with Crippen molar-refractivity contribution in [1.29, 1.82) is 0 Å². The van der Waals surface area contributed by atoms with Crippen LogP contribution in [-0.4, -0.2) is 33.3 Å². The van der Waals surface area contributed by atoms with Gasteiger partial charge in [-0.3, -0.25) is 0 Å². The number of benzene rings is 2. The summed E-state index contributed by atoms with van der Waals surface area (Å²) in [5, 5.41) is 2.72. The van der Waals surface area contributed by atoms with E-state index in [0.29, 0.717) is 0 Å². The second-order valence-electron chi connectivity index (χ2n) is 11.0. The monoisotopic (exact) mass is 472 g/mol. The maximum absolute atomic E-state index is 6.57. The second-order valence-corrected chi connectivity index (χ2v) is 28.3. The molecule has 0 radical (unpaired) electrons. The van der Waals surface area contributed by atoms with Gasteiger partial charge in [-0.25, -0.2) is 0 Å². The van der Waals surface area contributed by atoms with Gasteiger partial charge >= 0.3 is 0 Å². The van der Waals surface area contributed by atoms with E-state index in [0.717, 1.165) is 0 Å². The summed E-state index contributed by atoms with van der Waals surface area (Å²) >= 11 is 0. The lowest BCUT2D eigenvalue weighted by Gasteiger charge is -2.32. The highest BCUT2D eigenvalue weighted by Crippen LogP contribution is 2.17. The van der Waals surface area contributed by atoms with E-state index in [9.17, 15) is 0 Å². The van der Waals surface area contributed by atoms with E-state index in [1.165, 1.54) is 21.5 Å². The summed E-state index contributed by atoms with van der Waals surface area (Å²) in [6, 6.07) is 17.7. The van der Waals surface area contributed by atoms with E-state index >= 15 is 0 Å². The smallest absolute Gasteiger partial charge is 0.205 e. The fraction of sp³-hybridized carbons (Fsp3) is 0.417. The Kier molecular flexibility index (Phi) is 7.75. The zero-order chi connectivity index (χ0) is 22.8. The third kappa shape index (κ3) is 7.90. The summed E-state index contributed by atoms with van der Waals surface area (Å²) in [6.45, 7) is 22.9. The van der Waals surface area contributed by atoms with Crippen molar-refractivity contribution in [3.05, 3.63) is 59.7 Å². The van der Waals surface area contributed by atoms with Crippen LogP contribution in [0.2, 0.25) is 65.5 Å². The van der Waals surface area contributed by atoms with Gasteiger partial charge in [-0.05, 0) is 87.0 Å². The molecule has 0 saturated carbocycles. The first-order valence-electron chi connectivity index (χ1n) is 10.9. The minimum Gasteiger partial charge on any atom is -0.452 e. The molecule has 0 fully saturated rings. The molecule has 2 nitrogen and oxygen atoms in total. The van der Waals surface area contributed by atoms with Crippen molar-refractivity contribution in [2.75, 3.05) is 0 Å². The average Bonchev–Trinajstić information content (AvgIpc) is 2.56. The van der Waals surface area contributed by atoms with Crippen molar-refractivity contribution in [3.8, 4) is 0 Å². The first-order chi connectivity index (χ1) is 13.6. The summed E-state index contributed by atoms with van der Waals surface area (Å²) in [4.78, 5) is 0. The van der Waals surface area contributed by atoms with Crippen molar-refractivity contribution in [1.82, 2.24) is 0 Å². The zero-order valence-electron chi connectivity index (χ0n) is 20.6. The molecule has 6 heteroatoms. The normalized spacial score (nSPS) is 13.8. The molecule has 0 aromatic heterocycles. The Bertz CT molecular complexity index is 817. The van der Waals surface area contributed by atoms with Gasteiger partial charge in [0, 0.05) is 0 Å². The van der Waals surface area contributed by atoms with E-state index in [1.807, 2.05) is 0 Å². The molecule has 0 saturated heterocycles. The molecule has 0 amide bonds. The Balaban J connectivity index is 2.25. The Labute approximate surface area is 188 Å². The first-order valence-corrected chi connectivity index (χ1v) is 23.5. The molecule has 2 aromatic rings. The summed E-state index contributed by atoms with van der Waals surface area (Å²) in [5.74, 6) is 0. The Morgan fingerprint density at radius 2 is 0.867 bits per heavy atom. The highest BCUT2D eigenvalue weighted by Gasteiger charge is 2.32. The lowest BCUT2D eigenvalue weighted by atomic mass is 10.1. The van der Waals surface area contributed by atoms with Crippen molar-refractivity contribution in [2.45, 2.75) is 65.5 Å². The molecular weight excluding hydrogens is 433 g/mol. The van der Waals surface area contributed by atoms with Crippen LogP contribution in [0, 0.1) is 0 Å². The molecule has 0 heterocycles. The van der Waals surface area contributed by atoms with Gasteiger partial charge in [-0.1, -0.05) is 60.7 Å². The topological polar surface area (TPSA) is 18.5 Å². The van der Waals surface area contributed by atoms with E-state index < -0.39 is 33.3 Å². The fourth-order valence-electron chi connectivity index (χ4n) is 3.87. The molecule has 0 spiro atoms. The lowest BCUT2D eigenvalue weighted by molar-refractivity contribution is 0.565. The molecule has 0 aliphatic carbocycles. The van der Waals surface area contributed by atoms with Crippen LogP contribution in [0.5, 0.6) is 0 Å². The molecule has 0 atom stereocenters. The maximum Gasteiger partial charge on any atom is 0.205 e. The summed E-state index contributed by atoms with van der Waals surface area (Å²) in [6.07, 6.45) is 4.44. The molecule has 30 heavy (non-hydrogen) atoms. The first kappa shape index (κ1) is 25.2. The van der Waals surface area contributed by atoms with Crippen molar-refractivity contribution in [3.63, 3.8) is 0 Å². The Hall–Kier alpha value is -1.03.